The summed E-state index contributed by atoms with van der Waals surface area (Å²) < 4.78 is 29.2. The molecule has 2 fully saturated rings. The van der Waals surface area contributed by atoms with E-state index in [1.807, 2.05) is 0 Å². The number of nitrogens with zero attached hydrogens (tertiary/aromatic N) is 2. The lowest BCUT2D eigenvalue weighted by Crippen LogP contribution is -2.48. The van der Waals surface area contributed by atoms with E-state index in [-0.39, 0.29) is 35.8 Å². The second kappa shape index (κ2) is 7.36. The first kappa shape index (κ1) is 18.8. The first-order chi connectivity index (χ1) is 12.0. The van der Waals surface area contributed by atoms with Gasteiger partial charge in [-0.15, -0.1) is 12.4 Å². The number of ether oxygens (including phenoxy) is 1. The van der Waals surface area contributed by atoms with Crippen molar-refractivity contribution in [1.29, 1.82) is 0 Å². The van der Waals surface area contributed by atoms with Crippen LogP contribution in [0.5, 0.6) is 5.75 Å². The first-order valence-corrected chi connectivity index (χ1v) is 8.47. The number of hydrogen-bond donors (Lipinski definition) is 2. The van der Waals surface area contributed by atoms with Gasteiger partial charge in [0.15, 0.2) is 5.69 Å². The minimum Gasteiger partial charge on any atom is -0.435 e. The third kappa shape index (κ3) is 3.48. The monoisotopic (exact) mass is 386 g/mol. The number of H-pyrrole nitrogens is 1. The number of carbonyl (C=O) groups excluding carboxylic acids is 1. The molecule has 0 unspecified atom stereocenters. The van der Waals surface area contributed by atoms with Gasteiger partial charge in [0.25, 0.3) is 5.91 Å². The summed E-state index contributed by atoms with van der Waals surface area (Å²) in [5.74, 6) is -0.273. The molecule has 0 radical (unpaired) electrons. The zero-order chi connectivity index (χ0) is 17.6. The lowest BCUT2D eigenvalue weighted by atomic mass is 9.98. The van der Waals surface area contributed by atoms with Crippen LogP contribution in [0.4, 0.5) is 8.78 Å². The smallest absolute Gasteiger partial charge is 0.387 e. The maximum absolute atomic E-state index is 12.6. The van der Waals surface area contributed by atoms with E-state index in [9.17, 15) is 13.6 Å². The van der Waals surface area contributed by atoms with E-state index >= 15 is 0 Å². The van der Waals surface area contributed by atoms with Gasteiger partial charge < -0.3 is 15.0 Å². The van der Waals surface area contributed by atoms with Crippen molar-refractivity contribution in [2.45, 2.75) is 50.4 Å². The van der Waals surface area contributed by atoms with Crippen LogP contribution in [-0.4, -0.2) is 52.8 Å². The van der Waals surface area contributed by atoms with E-state index in [0.717, 1.165) is 12.8 Å². The molecule has 2 N–H and O–H groups in total. The molecule has 1 aromatic carbocycles. The summed E-state index contributed by atoms with van der Waals surface area (Å²) in [5.41, 5.74) is 0.816. The van der Waals surface area contributed by atoms with Gasteiger partial charge in [-0.1, -0.05) is 0 Å². The molecule has 2 aromatic rings. The van der Waals surface area contributed by atoms with Gasteiger partial charge in [-0.05, 0) is 50.9 Å². The van der Waals surface area contributed by atoms with E-state index in [4.69, 9.17) is 0 Å². The van der Waals surface area contributed by atoms with Gasteiger partial charge in [0, 0.05) is 23.5 Å². The van der Waals surface area contributed by atoms with Gasteiger partial charge in [0.05, 0.1) is 5.52 Å². The molecule has 9 heteroatoms. The van der Waals surface area contributed by atoms with Crippen LogP contribution in [0.3, 0.4) is 0 Å². The number of nitrogens with one attached hydrogen (secondary N) is 2. The van der Waals surface area contributed by atoms with Gasteiger partial charge in [0.2, 0.25) is 0 Å². The van der Waals surface area contributed by atoms with Crippen LogP contribution < -0.4 is 10.1 Å². The van der Waals surface area contributed by atoms with Crippen molar-refractivity contribution in [3.8, 4) is 5.75 Å². The molecule has 0 spiro atoms. The highest BCUT2D eigenvalue weighted by Crippen LogP contribution is 2.34. The number of amides is 1. The predicted octanol–water partition coefficient (Wildman–Crippen LogP) is 2.94. The molecule has 2 saturated heterocycles. The molecule has 3 heterocycles. The summed E-state index contributed by atoms with van der Waals surface area (Å²) in [6.45, 7) is -2.91. The minimum atomic E-state index is -2.91. The SMILES string of the molecule is CN1[C@@H]2CC[C@H]1C[C@H](NC(=O)c1n[nH]c3ccc(OC(F)F)cc13)C2.Cl. The second-order valence-corrected chi connectivity index (χ2v) is 6.85. The summed E-state index contributed by atoms with van der Waals surface area (Å²) in [6.07, 6.45) is 4.21. The fourth-order valence-electron chi connectivity index (χ4n) is 4.13. The Bertz CT molecular complexity index is 786. The normalized spacial score (nSPS) is 25.3. The van der Waals surface area contributed by atoms with Gasteiger partial charge >= 0.3 is 6.61 Å². The molecule has 1 amide bonds. The van der Waals surface area contributed by atoms with Crippen molar-refractivity contribution >= 4 is 29.2 Å². The molecule has 26 heavy (non-hydrogen) atoms. The predicted molar refractivity (Wildman–Crippen MR) is 95.0 cm³/mol. The first-order valence-electron chi connectivity index (χ1n) is 8.47. The molecular weight excluding hydrogens is 366 g/mol. The summed E-state index contributed by atoms with van der Waals surface area (Å²) in [4.78, 5) is 15.0. The van der Waals surface area contributed by atoms with Crippen molar-refractivity contribution in [2.24, 2.45) is 0 Å². The number of piperidine rings is 1. The highest BCUT2D eigenvalue weighted by atomic mass is 35.5. The van der Waals surface area contributed by atoms with Crippen LogP contribution >= 0.6 is 12.4 Å². The van der Waals surface area contributed by atoms with Gasteiger partial charge in [0.1, 0.15) is 5.75 Å². The Kier molecular flexibility index (Phi) is 5.34. The summed E-state index contributed by atoms with van der Waals surface area (Å²) in [7, 11) is 2.14. The van der Waals surface area contributed by atoms with Crippen LogP contribution in [0.15, 0.2) is 18.2 Å². The van der Waals surface area contributed by atoms with Gasteiger partial charge in [-0.3, -0.25) is 9.89 Å². The standard InChI is InChI=1S/C17H20F2N4O2.ClH/c1-23-10-2-3-11(23)7-9(6-10)20-16(24)15-13-8-12(25-17(18)19)4-5-14(13)21-22-15;/h4-5,8-11,17H,2-3,6-7H2,1H3,(H,20,24)(H,21,22);1H/t9-,10-,11+;. The number of hydrogen-bond acceptors (Lipinski definition) is 4. The zero-order valence-electron chi connectivity index (χ0n) is 14.2. The summed E-state index contributed by atoms with van der Waals surface area (Å²) in [5, 5.41) is 10.4. The quantitative estimate of drug-likeness (QED) is 0.847. The number of benzene rings is 1. The maximum Gasteiger partial charge on any atom is 0.387 e. The zero-order valence-corrected chi connectivity index (χ0v) is 15.1. The molecule has 142 valence electrons. The Hall–Kier alpha value is -1.93. The fraction of sp³-hybridized carbons (Fsp3) is 0.529. The Labute approximate surface area is 155 Å². The lowest BCUT2D eigenvalue weighted by Gasteiger charge is -2.36. The van der Waals surface area contributed by atoms with E-state index in [1.54, 1.807) is 6.07 Å². The van der Waals surface area contributed by atoms with Crippen LogP contribution in [0.2, 0.25) is 0 Å². The molecule has 2 aliphatic heterocycles. The number of carbonyl (C=O) groups is 1. The Morgan fingerprint density at radius 2 is 2.04 bits per heavy atom. The van der Waals surface area contributed by atoms with E-state index in [1.165, 1.54) is 25.0 Å². The van der Waals surface area contributed by atoms with Crippen LogP contribution in [0.25, 0.3) is 10.9 Å². The molecule has 4 rings (SSSR count). The number of alkyl halides is 2. The van der Waals surface area contributed by atoms with Crippen molar-refractivity contribution in [2.75, 3.05) is 7.05 Å². The highest BCUT2D eigenvalue weighted by Gasteiger charge is 2.39. The topological polar surface area (TPSA) is 70.2 Å². The minimum absolute atomic E-state index is 0. The average Bonchev–Trinajstić information content (AvgIpc) is 3.04. The Balaban J connectivity index is 0.00000196. The van der Waals surface area contributed by atoms with E-state index < -0.39 is 6.61 Å². The van der Waals surface area contributed by atoms with Crippen molar-refractivity contribution in [1.82, 2.24) is 20.4 Å². The molecule has 0 aliphatic carbocycles. The van der Waals surface area contributed by atoms with Crippen LogP contribution in [0, 0.1) is 0 Å². The maximum atomic E-state index is 12.6. The third-order valence-corrected chi connectivity index (χ3v) is 5.41. The molecule has 2 aliphatic rings. The fourth-order valence-corrected chi connectivity index (χ4v) is 4.13. The second-order valence-electron chi connectivity index (χ2n) is 6.85. The molecule has 6 nitrogen and oxygen atoms in total. The summed E-state index contributed by atoms with van der Waals surface area (Å²) >= 11 is 0. The Morgan fingerprint density at radius 1 is 1.35 bits per heavy atom. The molecule has 3 atom stereocenters. The van der Waals surface area contributed by atoms with Crippen LogP contribution in [0.1, 0.15) is 36.2 Å². The van der Waals surface area contributed by atoms with Gasteiger partial charge in [-0.25, -0.2) is 0 Å². The molecule has 1 aromatic heterocycles. The molecule has 0 saturated carbocycles. The molecule has 2 bridgehead atoms. The van der Waals surface area contributed by atoms with E-state index in [0.29, 0.717) is 23.0 Å². The number of aromatic amines is 1. The largest absolute Gasteiger partial charge is 0.435 e. The summed E-state index contributed by atoms with van der Waals surface area (Å²) in [6, 6.07) is 5.57. The van der Waals surface area contributed by atoms with E-state index in [2.05, 4.69) is 32.2 Å². The number of rotatable bonds is 4. The van der Waals surface area contributed by atoms with Crippen LogP contribution in [-0.2, 0) is 0 Å². The van der Waals surface area contributed by atoms with Crippen molar-refractivity contribution < 1.29 is 18.3 Å². The molecular formula is C17H21ClF2N4O2. The number of halogens is 3. The Morgan fingerprint density at radius 3 is 2.69 bits per heavy atom. The van der Waals surface area contributed by atoms with Crippen molar-refractivity contribution in [3.05, 3.63) is 23.9 Å². The highest BCUT2D eigenvalue weighted by molar-refractivity contribution is 6.05. The van der Waals surface area contributed by atoms with Gasteiger partial charge in [-0.2, -0.15) is 13.9 Å². The number of fused-ring (bicyclic) bond motifs is 3. The van der Waals surface area contributed by atoms with Crippen molar-refractivity contribution in [3.63, 3.8) is 0 Å². The number of aromatic nitrogens is 2. The lowest BCUT2D eigenvalue weighted by molar-refractivity contribution is -0.0497. The third-order valence-electron chi connectivity index (χ3n) is 5.41. The average molecular weight is 387 g/mol.